The van der Waals surface area contributed by atoms with E-state index >= 15 is 0 Å². The molecule has 0 radical (unpaired) electrons. The Labute approximate surface area is 173 Å². The normalized spacial score (nSPS) is 10.7. The lowest BCUT2D eigenvalue weighted by molar-refractivity contribution is -0.111. The number of esters is 1. The second kappa shape index (κ2) is 11.3. The second-order valence-corrected chi connectivity index (χ2v) is 7.04. The van der Waals surface area contributed by atoms with E-state index in [9.17, 15) is 9.59 Å². The van der Waals surface area contributed by atoms with Crippen molar-refractivity contribution in [1.29, 1.82) is 0 Å². The van der Waals surface area contributed by atoms with Crippen LogP contribution in [0.4, 0.5) is 5.69 Å². The van der Waals surface area contributed by atoms with E-state index in [0.29, 0.717) is 23.6 Å². The Balaban J connectivity index is 1.92. The molecule has 28 heavy (non-hydrogen) atoms. The van der Waals surface area contributed by atoms with Crippen LogP contribution in [0.15, 0.2) is 53.0 Å². The zero-order valence-corrected chi connectivity index (χ0v) is 17.6. The molecule has 0 atom stereocenters. The summed E-state index contributed by atoms with van der Waals surface area (Å²) >= 11 is 3.40. The molecule has 0 spiro atoms. The fraction of sp³-hybridized carbons (Fsp3) is 0.273. The van der Waals surface area contributed by atoms with E-state index < -0.39 is 0 Å². The molecule has 0 bridgehead atoms. The predicted molar refractivity (Wildman–Crippen MR) is 115 cm³/mol. The molecule has 0 fully saturated rings. The summed E-state index contributed by atoms with van der Waals surface area (Å²) in [6, 6.07) is 12.2. The van der Waals surface area contributed by atoms with Crippen LogP contribution in [0.2, 0.25) is 0 Å². The molecule has 2 rings (SSSR count). The number of rotatable bonds is 9. The second-order valence-electron chi connectivity index (χ2n) is 6.13. The molecule has 148 valence electrons. The monoisotopic (exact) mass is 445 g/mol. The van der Waals surface area contributed by atoms with Crippen molar-refractivity contribution < 1.29 is 19.1 Å². The molecular formula is C22H24BrNO4. The highest BCUT2D eigenvalue weighted by Gasteiger charge is 2.07. The molecule has 2 aromatic rings. The number of carbonyl (C=O) groups excluding carboxylic acids is 2. The number of methoxy groups -OCH3 is 1. The third kappa shape index (κ3) is 6.85. The van der Waals surface area contributed by atoms with Crippen LogP contribution in [0.1, 0.15) is 42.1 Å². The molecule has 0 saturated carbocycles. The fourth-order valence-corrected chi connectivity index (χ4v) is 2.85. The van der Waals surface area contributed by atoms with Crippen LogP contribution >= 0.6 is 15.9 Å². The van der Waals surface area contributed by atoms with Crippen molar-refractivity contribution in [2.24, 2.45) is 0 Å². The molecule has 0 aliphatic carbocycles. The van der Waals surface area contributed by atoms with Gasteiger partial charge in [-0.15, -0.1) is 0 Å². The number of ether oxygens (including phenoxy) is 2. The largest absolute Gasteiger partial charge is 0.496 e. The van der Waals surface area contributed by atoms with Gasteiger partial charge >= 0.3 is 5.97 Å². The maximum Gasteiger partial charge on any atom is 0.338 e. The number of anilines is 1. The lowest BCUT2D eigenvalue weighted by Gasteiger charge is -2.07. The maximum atomic E-state index is 12.1. The number of benzene rings is 2. The van der Waals surface area contributed by atoms with Gasteiger partial charge in [0.1, 0.15) is 5.75 Å². The first-order chi connectivity index (χ1) is 13.5. The minimum absolute atomic E-state index is 0.281. The van der Waals surface area contributed by atoms with E-state index in [1.165, 1.54) is 6.08 Å². The molecule has 0 heterocycles. The molecule has 0 unspecified atom stereocenters. The third-order valence-electron chi connectivity index (χ3n) is 3.98. The van der Waals surface area contributed by atoms with Crippen molar-refractivity contribution in [3.63, 3.8) is 0 Å². The van der Waals surface area contributed by atoms with Gasteiger partial charge in [-0.05, 0) is 55.0 Å². The van der Waals surface area contributed by atoms with Gasteiger partial charge in [0.15, 0.2) is 0 Å². The number of halogens is 1. The predicted octanol–water partition coefficient (Wildman–Crippen LogP) is 5.46. The summed E-state index contributed by atoms with van der Waals surface area (Å²) in [6.45, 7) is 2.52. The maximum absolute atomic E-state index is 12.1. The SMILES string of the molecule is CCCCCOC(=O)c1ccc(NC(=O)/C=C/c2cc(Br)ccc2OC)cc1. The van der Waals surface area contributed by atoms with E-state index in [0.717, 1.165) is 29.3 Å². The van der Waals surface area contributed by atoms with E-state index in [4.69, 9.17) is 9.47 Å². The number of carbonyl (C=O) groups is 2. The molecular weight excluding hydrogens is 422 g/mol. The Morgan fingerprint density at radius 3 is 2.54 bits per heavy atom. The van der Waals surface area contributed by atoms with E-state index in [2.05, 4.69) is 28.2 Å². The van der Waals surface area contributed by atoms with Crippen molar-refractivity contribution in [3.05, 3.63) is 64.1 Å². The summed E-state index contributed by atoms with van der Waals surface area (Å²) in [5.74, 6) is 0.0431. The van der Waals surface area contributed by atoms with Gasteiger partial charge in [-0.25, -0.2) is 4.79 Å². The Morgan fingerprint density at radius 1 is 1.11 bits per heavy atom. The first-order valence-electron chi connectivity index (χ1n) is 9.13. The molecule has 0 aliphatic rings. The summed E-state index contributed by atoms with van der Waals surface area (Å²) in [5, 5.41) is 2.76. The van der Waals surface area contributed by atoms with Crippen LogP contribution in [0, 0.1) is 0 Å². The van der Waals surface area contributed by atoms with E-state index in [1.807, 2.05) is 18.2 Å². The minimum Gasteiger partial charge on any atom is -0.496 e. The molecule has 6 heteroatoms. The van der Waals surface area contributed by atoms with Gasteiger partial charge in [-0.3, -0.25) is 4.79 Å². The van der Waals surface area contributed by atoms with Gasteiger partial charge in [-0.2, -0.15) is 0 Å². The number of unbranched alkanes of at least 4 members (excludes halogenated alkanes) is 2. The van der Waals surface area contributed by atoms with Crippen LogP contribution in [0.25, 0.3) is 6.08 Å². The van der Waals surface area contributed by atoms with Crippen molar-refractivity contribution in [3.8, 4) is 5.75 Å². The van der Waals surface area contributed by atoms with Gasteiger partial charge in [0.2, 0.25) is 5.91 Å². The van der Waals surface area contributed by atoms with Gasteiger partial charge in [-0.1, -0.05) is 35.7 Å². The standard InChI is InChI=1S/C22H24BrNO4/c1-3-4-5-14-28-22(26)16-6-10-19(11-7-16)24-21(25)13-8-17-15-18(23)9-12-20(17)27-2/h6-13,15H,3-5,14H2,1-2H3,(H,24,25)/b13-8+. The van der Waals surface area contributed by atoms with Crippen LogP contribution in [-0.2, 0) is 9.53 Å². The third-order valence-corrected chi connectivity index (χ3v) is 4.47. The summed E-state index contributed by atoms with van der Waals surface area (Å²) in [4.78, 5) is 24.1. The number of amides is 1. The molecule has 0 aliphatic heterocycles. The van der Waals surface area contributed by atoms with Crippen molar-refractivity contribution in [2.75, 3.05) is 19.0 Å². The zero-order valence-electron chi connectivity index (χ0n) is 16.0. The van der Waals surface area contributed by atoms with E-state index in [-0.39, 0.29) is 11.9 Å². The van der Waals surface area contributed by atoms with Crippen molar-refractivity contribution >= 4 is 39.6 Å². The lowest BCUT2D eigenvalue weighted by atomic mass is 10.2. The van der Waals surface area contributed by atoms with E-state index in [1.54, 1.807) is 37.5 Å². The molecule has 1 N–H and O–H groups in total. The van der Waals surface area contributed by atoms with Crippen molar-refractivity contribution in [2.45, 2.75) is 26.2 Å². The quantitative estimate of drug-likeness (QED) is 0.316. The molecule has 5 nitrogen and oxygen atoms in total. The Hall–Kier alpha value is -2.60. The topological polar surface area (TPSA) is 64.6 Å². The van der Waals surface area contributed by atoms with Crippen LogP contribution in [0.3, 0.4) is 0 Å². The summed E-state index contributed by atoms with van der Waals surface area (Å²) < 4.78 is 11.4. The smallest absolute Gasteiger partial charge is 0.338 e. The fourth-order valence-electron chi connectivity index (χ4n) is 2.47. The average molecular weight is 446 g/mol. The number of hydrogen-bond acceptors (Lipinski definition) is 4. The Kier molecular flexibility index (Phi) is 8.75. The molecule has 1 amide bonds. The number of nitrogens with one attached hydrogen (secondary N) is 1. The highest BCUT2D eigenvalue weighted by atomic mass is 79.9. The first kappa shape index (κ1) is 21.7. The van der Waals surface area contributed by atoms with Gasteiger partial charge in [0.05, 0.1) is 19.3 Å². The first-order valence-corrected chi connectivity index (χ1v) is 9.92. The van der Waals surface area contributed by atoms with Crippen LogP contribution in [-0.4, -0.2) is 25.6 Å². The molecule has 2 aromatic carbocycles. The Bertz CT molecular complexity index is 831. The van der Waals surface area contributed by atoms with Gasteiger partial charge in [0.25, 0.3) is 0 Å². The van der Waals surface area contributed by atoms with Crippen LogP contribution < -0.4 is 10.1 Å². The highest BCUT2D eigenvalue weighted by molar-refractivity contribution is 9.10. The van der Waals surface area contributed by atoms with Gasteiger partial charge < -0.3 is 14.8 Å². The zero-order chi connectivity index (χ0) is 20.4. The average Bonchev–Trinajstić information content (AvgIpc) is 2.70. The lowest BCUT2D eigenvalue weighted by Crippen LogP contribution is -2.09. The summed E-state index contributed by atoms with van der Waals surface area (Å²) in [6.07, 6.45) is 6.10. The minimum atomic E-state index is -0.351. The summed E-state index contributed by atoms with van der Waals surface area (Å²) in [7, 11) is 1.58. The Morgan fingerprint density at radius 2 is 1.86 bits per heavy atom. The summed E-state index contributed by atoms with van der Waals surface area (Å²) in [5.41, 5.74) is 1.84. The molecule has 0 saturated heterocycles. The number of hydrogen-bond donors (Lipinski definition) is 1. The molecule has 0 aromatic heterocycles. The highest BCUT2D eigenvalue weighted by Crippen LogP contribution is 2.24. The van der Waals surface area contributed by atoms with Crippen molar-refractivity contribution in [1.82, 2.24) is 0 Å². The van der Waals surface area contributed by atoms with Gasteiger partial charge in [0, 0.05) is 21.8 Å². The van der Waals surface area contributed by atoms with Crippen LogP contribution in [0.5, 0.6) is 5.75 Å².